The summed E-state index contributed by atoms with van der Waals surface area (Å²) in [4.78, 5) is 6.60. The van der Waals surface area contributed by atoms with E-state index in [-0.39, 0.29) is 0 Å². The van der Waals surface area contributed by atoms with E-state index in [0.29, 0.717) is 23.2 Å². The molecule has 0 saturated carbocycles. The predicted molar refractivity (Wildman–Crippen MR) is 105 cm³/mol. The van der Waals surface area contributed by atoms with Crippen LogP contribution >= 0.6 is 11.6 Å². The van der Waals surface area contributed by atoms with Gasteiger partial charge in [0.2, 0.25) is 0 Å². The number of piperidine rings is 1. The van der Waals surface area contributed by atoms with Crippen LogP contribution in [0, 0.1) is 0 Å². The fourth-order valence-corrected chi connectivity index (χ4v) is 3.52. The summed E-state index contributed by atoms with van der Waals surface area (Å²) < 4.78 is 0. The van der Waals surface area contributed by atoms with E-state index in [4.69, 9.17) is 17.3 Å². The number of rotatable bonds is 6. The summed E-state index contributed by atoms with van der Waals surface area (Å²) in [6, 6.07) is 11.3. The lowest BCUT2D eigenvalue weighted by molar-refractivity contribution is 0.227. The second kappa shape index (κ2) is 8.92. The van der Waals surface area contributed by atoms with E-state index < -0.39 is 0 Å². The van der Waals surface area contributed by atoms with E-state index in [1.165, 1.54) is 5.56 Å². The number of nitrogens with zero attached hydrogens (tertiary/aromatic N) is 2. The van der Waals surface area contributed by atoms with E-state index in [1.54, 1.807) is 12.3 Å². The van der Waals surface area contributed by atoms with Gasteiger partial charge in [0.1, 0.15) is 5.75 Å². The van der Waals surface area contributed by atoms with Crippen molar-refractivity contribution in [3.63, 3.8) is 0 Å². The van der Waals surface area contributed by atoms with Crippen molar-refractivity contribution in [3.05, 3.63) is 70.8 Å². The molecule has 0 atom stereocenters. The largest absolute Gasteiger partial charge is 0.508 e. The molecule has 0 aliphatic carbocycles. The van der Waals surface area contributed by atoms with Crippen LogP contribution in [0.3, 0.4) is 0 Å². The molecule has 1 aliphatic heterocycles. The zero-order valence-electron chi connectivity index (χ0n) is 14.7. The number of pyridine rings is 1. The van der Waals surface area contributed by atoms with Crippen LogP contribution in [0.2, 0.25) is 5.02 Å². The van der Waals surface area contributed by atoms with Gasteiger partial charge < -0.3 is 16.2 Å². The van der Waals surface area contributed by atoms with Crippen molar-refractivity contribution in [1.82, 2.24) is 15.2 Å². The number of phenols is 1. The van der Waals surface area contributed by atoms with Crippen molar-refractivity contribution in [3.8, 4) is 5.75 Å². The number of benzene rings is 1. The molecular formula is C20H25ClN4O. The van der Waals surface area contributed by atoms with Crippen LogP contribution in [0.4, 0.5) is 0 Å². The number of nitrogens with two attached hydrogens (primary N) is 1. The quantitative estimate of drug-likeness (QED) is 0.726. The Labute approximate surface area is 159 Å². The first-order chi connectivity index (χ1) is 12.6. The van der Waals surface area contributed by atoms with Gasteiger partial charge >= 0.3 is 0 Å². The number of aromatic hydroxyl groups is 1. The number of hydrogen-bond acceptors (Lipinski definition) is 5. The number of halogens is 1. The van der Waals surface area contributed by atoms with Crippen LogP contribution in [0.25, 0.3) is 0 Å². The Morgan fingerprint density at radius 2 is 2.12 bits per heavy atom. The van der Waals surface area contributed by atoms with Gasteiger partial charge in [-0.25, -0.2) is 0 Å². The smallest absolute Gasteiger partial charge is 0.115 e. The molecule has 3 rings (SSSR count). The monoisotopic (exact) mass is 372 g/mol. The molecule has 1 aliphatic rings. The lowest BCUT2D eigenvalue weighted by Gasteiger charge is -2.32. The molecule has 0 spiro atoms. The molecule has 0 radical (unpaired) electrons. The first-order valence-electron chi connectivity index (χ1n) is 8.90. The van der Waals surface area contributed by atoms with Gasteiger partial charge in [0.05, 0.1) is 17.3 Å². The third kappa shape index (κ3) is 5.13. The maximum atomic E-state index is 9.64. The first-order valence-corrected chi connectivity index (χ1v) is 9.28. The van der Waals surface area contributed by atoms with E-state index in [1.807, 2.05) is 30.5 Å². The molecule has 138 valence electrons. The van der Waals surface area contributed by atoms with Gasteiger partial charge in [-0.15, -0.1) is 0 Å². The van der Waals surface area contributed by atoms with Gasteiger partial charge in [-0.1, -0.05) is 23.7 Å². The highest BCUT2D eigenvalue weighted by Crippen LogP contribution is 2.29. The second-order valence-corrected chi connectivity index (χ2v) is 7.08. The first kappa shape index (κ1) is 18.5. The van der Waals surface area contributed by atoms with Crippen LogP contribution in [0.15, 0.2) is 54.5 Å². The molecule has 1 aromatic heterocycles. The van der Waals surface area contributed by atoms with E-state index in [0.717, 1.165) is 43.9 Å². The van der Waals surface area contributed by atoms with Crippen LogP contribution in [-0.2, 0) is 6.54 Å². The number of hydrogen-bond donors (Lipinski definition) is 3. The summed E-state index contributed by atoms with van der Waals surface area (Å²) in [6.07, 6.45) is 5.72. The van der Waals surface area contributed by atoms with Gasteiger partial charge in [-0.2, -0.15) is 0 Å². The zero-order valence-corrected chi connectivity index (χ0v) is 15.5. The minimum Gasteiger partial charge on any atom is -0.508 e. The summed E-state index contributed by atoms with van der Waals surface area (Å²) in [5.74, 6) is 0.851. The molecule has 0 amide bonds. The Kier molecular flexibility index (Phi) is 6.36. The molecule has 6 heteroatoms. The standard InChI is InChI=1S/C20H25ClN4O/c21-19-5-2-8-24-20(19)13-23-12-17(22)14-25-9-6-15(7-10-25)16-3-1-4-18(26)11-16/h1-5,8,11-12,15,23,26H,6-7,9-10,13-14,22H2/b17-12-. The van der Waals surface area contributed by atoms with Crippen LogP contribution in [-0.4, -0.2) is 34.6 Å². The topological polar surface area (TPSA) is 74.4 Å². The van der Waals surface area contributed by atoms with Gasteiger partial charge in [-0.3, -0.25) is 9.88 Å². The SMILES string of the molecule is N/C(=C\NCc1ncccc1Cl)CN1CCC(c2cccc(O)c2)CC1. The molecule has 1 aromatic carbocycles. The summed E-state index contributed by atoms with van der Waals surface area (Å²) in [5.41, 5.74) is 8.98. The molecule has 5 nitrogen and oxygen atoms in total. The molecule has 1 saturated heterocycles. The molecule has 26 heavy (non-hydrogen) atoms. The van der Waals surface area contributed by atoms with Crippen molar-refractivity contribution >= 4 is 11.6 Å². The zero-order chi connectivity index (χ0) is 18.4. The summed E-state index contributed by atoms with van der Waals surface area (Å²) in [6.45, 7) is 3.30. The minimum absolute atomic E-state index is 0.344. The summed E-state index contributed by atoms with van der Waals surface area (Å²) in [5, 5.41) is 13.5. The minimum atomic E-state index is 0.344. The third-order valence-corrected chi connectivity index (χ3v) is 5.07. The highest BCUT2D eigenvalue weighted by molar-refractivity contribution is 6.31. The normalized spacial score (nSPS) is 16.6. The highest BCUT2D eigenvalue weighted by Gasteiger charge is 2.20. The highest BCUT2D eigenvalue weighted by atomic mass is 35.5. The number of aromatic nitrogens is 1. The Bertz CT molecular complexity index is 757. The van der Waals surface area contributed by atoms with Crippen LogP contribution < -0.4 is 11.1 Å². The Morgan fingerprint density at radius 3 is 2.85 bits per heavy atom. The third-order valence-electron chi connectivity index (χ3n) is 4.73. The molecule has 1 fully saturated rings. The maximum absolute atomic E-state index is 9.64. The van der Waals surface area contributed by atoms with Gasteiger partial charge in [0.25, 0.3) is 0 Å². The van der Waals surface area contributed by atoms with Gasteiger partial charge in [-0.05, 0) is 61.7 Å². The number of nitrogens with one attached hydrogen (secondary N) is 1. The Balaban J connectivity index is 1.44. The Hall–Kier alpha value is -2.24. The fraction of sp³-hybridized carbons (Fsp3) is 0.350. The summed E-state index contributed by atoms with van der Waals surface area (Å²) >= 11 is 6.09. The number of likely N-dealkylation sites (tertiary alicyclic amines) is 1. The van der Waals surface area contributed by atoms with E-state index >= 15 is 0 Å². The molecule has 2 heterocycles. The average Bonchev–Trinajstić information content (AvgIpc) is 2.64. The molecular weight excluding hydrogens is 348 g/mol. The lowest BCUT2D eigenvalue weighted by Crippen LogP contribution is -2.36. The van der Waals surface area contributed by atoms with Crippen LogP contribution in [0.5, 0.6) is 5.75 Å². The van der Waals surface area contributed by atoms with Crippen molar-refractivity contribution < 1.29 is 5.11 Å². The average molecular weight is 373 g/mol. The molecule has 2 aromatic rings. The van der Waals surface area contributed by atoms with Crippen molar-refractivity contribution in [2.45, 2.75) is 25.3 Å². The number of phenolic OH excluding ortho intramolecular Hbond substituents is 1. The predicted octanol–water partition coefficient (Wildman–Crippen LogP) is 3.21. The second-order valence-electron chi connectivity index (χ2n) is 6.68. The van der Waals surface area contributed by atoms with E-state index in [2.05, 4.69) is 21.3 Å². The maximum Gasteiger partial charge on any atom is 0.115 e. The van der Waals surface area contributed by atoms with Crippen LogP contribution in [0.1, 0.15) is 30.0 Å². The van der Waals surface area contributed by atoms with Gasteiger partial charge in [0, 0.05) is 24.6 Å². The van der Waals surface area contributed by atoms with Crippen molar-refractivity contribution in [1.29, 1.82) is 0 Å². The van der Waals surface area contributed by atoms with E-state index in [9.17, 15) is 5.11 Å². The van der Waals surface area contributed by atoms with Crippen molar-refractivity contribution in [2.75, 3.05) is 19.6 Å². The van der Waals surface area contributed by atoms with Crippen molar-refractivity contribution in [2.24, 2.45) is 5.73 Å². The molecule has 0 bridgehead atoms. The van der Waals surface area contributed by atoms with Gasteiger partial charge in [0.15, 0.2) is 0 Å². The summed E-state index contributed by atoms with van der Waals surface area (Å²) in [7, 11) is 0. The lowest BCUT2D eigenvalue weighted by atomic mass is 9.89. The Morgan fingerprint density at radius 1 is 1.31 bits per heavy atom. The molecule has 0 unspecified atom stereocenters. The fourth-order valence-electron chi connectivity index (χ4n) is 3.33. The molecule has 4 N–H and O–H groups in total.